The zero-order valence-electron chi connectivity index (χ0n) is 13.6. The van der Waals surface area contributed by atoms with Gasteiger partial charge in [-0.05, 0) is 49.9 Å². The lowest BCUT2D eigenvalue weighted by atomic mass is 9.76. The van der Waals surface area contributed by atoms with Gasteiger partial charge in [0.15, 0.2) is 6.54 Å². The maximum absolute atomic E-state index is 12.1. The minimum Gasteiger partial charge on any atom is -0.461 e. The normalized spacial score (nSPS) is 33.6. The standard InChI is InChI=1S/C17H32NO2/c1-14-7-8-16(15(2)11-14)13-20-17(19)12-18(3)9-5-4-6-10-18/h14-16H,4-13H2,1-3H3/q+1/t14-,15-,16+/m1/s1. The van der Waals surface area contributed by atoms with Crippen LogP contribution >= 0.6 is 0 Å². The first-order valence-corrected chi connectivity index (χ1v) is 8.48. The Morgan fingerprint density at radius 2 is 1.85 bits per heavy atom. The van der Waals surface area contributed by atoms with Crippen molar-refractivity contribution in [2.75, 3.05) is 33.3 Å². The second-order valence-electron chi connectivity index (χ2n) is 7.62. The van der Waals surface area contributed by atoms with E-state index in [0.717, 1.165) is 23.5 Å². The number of likely N-dealkylation sites (tertiary alicyclic amines) is 1. The molecule has 1 aliphatic carbocycles. The highest BCUT2D eigenvalue weighted by Gasteiger charge is 2.30. The van der Waals surface area contributed by atoms with E-state index in [2.05, 4.69) is 20.9 Å². The van der Waals surface area contributed by atoms with E-state index in [9.17, 15) is 4.79 Å². The molecule has 0 spiro atoms. The Balaban J connectivity index is 1.72. The summed E-state index contributed by atoms with van der Waals surface area (Å²) >= 11 is 0. The summed E-state index contributed by atoms with van der Waals surface area (Å²) in [5.41, 5.74) is 0. The highest BCUT2D eigenvalue weighted by atomic mass is 16.5. The third kappa shape index (κ3) is 4.47. The molecule has 1 saturated carbocycles. The molecule has 3 atom stereocenters. The number of likely N-dealkylation sites (N-methyl/N-ethyl adjacent to an activating group) is 1. The summed E-state index contributed by atoms with van der Waals surface area (Å²) in [5, 5.41) is 0. The summed E-state index contributed by atoms with van der Waals surface area (Å²) < 4.78 is 6.49. The van der Waals surface area contributed by atoms with E-state index in [0.29, 0.717) is 25.0 Å². The molecule has 0 N–H and O–H groups in total. The molecule has 0 aromatic rings. The van der Waals surface area contributed by atoms with Crippen LogP contribution in [0.4, 0.5) is 0 Å². The van der Waals surface area contributed by atoms with E-state index < -0.39 is 0 Å². The molecule has 1 saturated heterocycles. The van der Waals surface area contributed by atoms with Gasteiger partial charge in [0, 0.05) is 0 Å². The van der Waals surface area contributed by atoms with Crippen molar-refractivity contribution in [2.45, 2.75) is 52.4 Å². The van der Waals surface area contributed by atoms with Gasteiger partial charge < -0.3 is 9.22 Å². The number of piperidine rings is 1. The van der Waals surface area contributed by atoms with Crippen molar-refractivity contribution in [3.8, 4) is 0 Å². The molecule has 2 fully saturated rings. The Labute approximate surface area is 124 Å². The smallest absolute Gasteiger partial charge is 0.361 e. The van der Waals surface area contributed by atoms with Gasteiger partial charge >= 0.3 is 5.97 Å². The van der Waals surface area contributed by atoms with Gasteiger partial charge in [0.05, 0.1) is 26.7 Å². The van der Waals surface area contributed by atoms with Crippen LogP contribution in [0.2, 0.25) is 0 Å². The third-order valence-electron chi connectivity index (χ3n) is 5.47. The van der Waals surface area contributed by atoms with Crippen molar-refractivity contribution in [2.24, 2.45) is 17.8 Å². The van der Waals surface area contributed by atoms with Crippen LogP contribution in [0.3, 0.4) is 0 Å². The number of nitrogens with zero attached hydrogens (tertiary/aromatic N) is 1. The molecule has 0 bridgehead atoms. The van der Waals surface area contributed by atoms with E-state index in [-0.39, 0.29) is 5.97 Å². The average Bonchev–Trinajstić information content (AvgIpc) is 2.38. The number of hydrogen-bond acceptors (Lipinski definition) is 2. The zero-order valence-corrected chi connectivity index (χ0v) is 13.6. The maximum atomic E-state index is 12.1. The van der Waals surface area contributed by atoms with Gasteiger partial charge in [-0.1, -0.05) is 20.3 Å². The van der Waals surface area contributed by atoms with Crippen molar-refractivity contribution in [1.82, 2.24) is 0 Å². The van der Waals surface area contributed by atoms with Crippen molar-refractivity contribution in [3.63, 3.8) is 0 Å². The highest BCUT2D eigenvalue weighted by molar-refractivity contribution is 5.70. The second kappa shape index (κ2) is 6.93. The molecule has 2 rings (SSSR count). The van der Waals surface area contributed by atoms with E-state index >= 15 is 0 Å². The number of ether oxygens (including phenoxy) is 1. The number of quaternary nitrogens is 1. The predicted octanol–water partition coefficient (Wildman–Crippen LogP) is 3.23. The summed E-state index contributed by atoms with van der Waals surface area (Å²) in [6.07, 6.45) is 7.63. The Morgan fingerprint density at radius 3 is 2.50 bits per heavy atom. The van der Waals surface area contributed by atoms with Gasteiger partial charge in [-0.3, -0.25) is 0 Å². The molecular formula is C17H32NO2+. The fourth-order valence-electron chi connectivity index (χ4n) is 3.97. The van der Waals surface area contributed by atoms with Crippen molar-refractivity contribution >= 4 is 5.97 Å². The highest BCUT2D eigenvalue weighted by Crippen LogP contribution is 2.33. The molecule has 0 unspecified atom stereocenters. The van der Waals surface area contributed by atoms with Crippen LogP contribution in [-0.4, -0.2) is 43.7 Å². The first-order valence-electron chi connectivity index (χ1n) is 8.48. The van der Waals surface area contributed by atoms with Crippen LogP contribution in [-0.2, 0) is 9.53 Å². The summed E-state index contributed by atoms with van der Waals surface area (Å²) in [7, 11) is 2.20. The lowest BCUT2D eigenvalue weighted by Gasteiger charge is -2.37. The van der Waals surface area contributed by atoms with Crippen molar-refractivity contribution in [3.05, 3.63) is 0 Å². The Kier molecular flexibility index (Phi) is 5.48. The summed E-state index contributed by atoms with van der Waals surface area (Å²) in [4.78, 5) is 12.1. The number of esters is 1. The minimum absolute atomic E-state index is 0.0141. The van der Waals surface area contributed by atoms with E-state index in [1.807, 2.05) is 0 Å². The SMILES string of the molecule is C[C@@H]1CC[C@@H](COC(=O)C[N+]2(C)CCCCC2)[C@H](C)C1. The number of rotatable bonds is 4. The average molecular weight is 282 g/mol. The van der Waals surface area contributed by atoms with Gasteiger partial charge in [0.1, 0.15) is 0 Å². The first-order chi connectivity index (χ1) is 9.48. The first kappa shape index (κ1) is 15.8. The Bertz CT molecular complexity index is 323. The molecule has 3 heteroatoms. The fourth-order valence-corrected chi connectivity index (χ4v) is 3.97. The number of carbonyl (C=O) groups is 1. The van der Waals surface area contributed by atoms with Gasteiger partial charge in [-0.25, -0.2) is 4.79 Å². The maximum Gasteiger partial charge on any atom is 0.361 e. The van der Waals surface area contributed by atoms with Crippen LogP contribution in [0.25, 0.3) is 0 Å². The molecular weight excluding hydrogens is 250 g/mol. The quantitative estimate of drug-likeness (QED) is 0.584. The van der Waals surface area contributed by atoms with Gasteiger partial charge in [0.2, 0.25) is 0 Å². The molecule has 3 nitrogen and oxygen atoms in total. The monoisotopic (exact) mass is 282 g/mol. The van der Waals surface area contributed by atoms with Crippen LogP contribution in [0.15, 0.2) is 0 Å². The van der Waals surface area contributed by atoms with Gasteiger partial charge in [-0.2, -0.15) is 0 Å². The van der Waals surface area contributed by atoms with Crippen LogP contribution < -0.4 is 0 Å². The van der Waals surface area contributed by atoms with E-state index in [1.165, 1.54) is 38.5 Å². The Morgan fingerprint density at radius 1 is 1.15 bits per heavy atom. The largest absolute Gasteiger partial charge is 0.461 e. The van der Waals surface area contributed by atoms with Gasteiger partial charge in [-0.15, -0.1) is 0 Å². The minimum atomic E-state index is 0.0141. The van der Waals surface area contributed by atoms with E-state index in [1.54, 1.807) is 0 Å². The molecule has 116 valence electrons. The van der Waals surface area contributed by atoms with Gasteiger partial charge in [0.25, 0.3) is 0 Å². The van der Waals surface area contributed by atoms with Crippen LogP contribution in [0.1, 0.15) is 52.4 Å². The lowest BCUT2D eigenvalue weighted by Crippen LogP contribution is -2.51. The molecule has 0 amide bonds. The zero-order chi connectivity index (χ0) is 14.6. The molecule has 0 aromatic heterocycles. The second-order valence-corrected chi connectivity index (χ2v) is 7.62. The number of hydrogen-bond donors (Lipinski definition) is 0. The summed E-state index contributed by atoms with van der Waals surface area (Å²) in [6, 6.07) is 0. The van der Waals surface area contributed by atoms with Crippen LogP contribution in [0, 0.1) is 17.8 Å². The van der Waals surface area contributed by atoms with E-state index in [4.69, 9.17) is 4.74 Å². The summed E-state index contributed by atoms with van der Waals surface area (Å²) in [6.45, 7) is 8.12. The van der Waals surface area contributed by atoms with Crippen molar-refractivity contribution in [1.29, 1.82) is 0 Å². The molecule has 1 heterocycles. The topological polar surface area (TPSA) is 26.3 Å². The molecule has 0 radical (unpaired) electrons. The van der Waals surface area contributed by atoms with Crippen molar-refractivity contribution < 1.29 is 14.0 Å². The Hall–Kier alpha value is -0.570. The molecule has 1 aliphatic heterocycles. The summed E-state index contributed by atoms with van der Waals surface area (Å²) in [5.74, 6) is 2.14. The lowest BCUT2D eigenvalue weighted by molar-refractivity contribution is -0.907. The fraction of sp³-hybridized carbons (Fsp3) is 0.941. The third-order valence-corrected chi connectivity index (χ3v) is 5.47. The van der Waals surface area contributed by atoms with Crippen LogP contribution in [0.5, 0.6) is 0 Å². The molecule has 20 heavy (non-hydrogen) atoms. The number of carbonyl (C=O) groups excluding carboxylic acids is 1. The predicted molar refractivity (Wildman–Crippen MR) is 81.3 cm³/mol. The molecule has 2 aliphatic rings. The molecule has 0 aromatic carbocycles.